The van der Waals surface area contributed by atoms with E-state index in [1.807, 2.05) is 31.2 Å². The number of ether oxygens (including phenoxy) is 2. The first-order chi connectivity index (χ1) is 16.2. The summed E-state index contributed by atoms with van der Waals surface area (Å²) in [6.07, 6.45) is 0.115. The molecule has 9 nitrogen and oxygen atoms in total. The van der Waals surface area contributed by atoms with Gasteiger partial charge in [-0.05, 0) is 62.2 Å². The number of hydrogen-bond acceptors (Lipinski definition) is 7. The zero-order valence-electron chi connectivity index (χ0n) is 19.6. The monoisotopic (exact) mass is 489 g/mol. The number of benzene rings is 2. The van der Waals surface area contributed by atoms with Gasteiger partial charge in [-0.3, -0.25) is 4.79 Å². The summed E-state index contributed by atoms with van der Waals surface area (Å²) >= 11 is 0. The van der Waals surface area contributed by atoms with Crippen LogP contribution in [0.3, 0.4) is 0 Å². The summed E-state index contributed by atoms with van der Waals surface area (Å²) in [5.74, 6) is -0.0944. The molecule has 2 heterocycles. The number of aliphatic hydroxyl groups is 1. The van der Waals surface area contributed by atoms with Crippen molar-refractivity contribution in [2.24, 2.45) is 0 Å². The maximum atomic E-state index is 12.4. The number of carbonyl (C=O) groups excluding carboxylic acids is 1. The Morgan fingerprint density at radius 3 is 2.53 bits per heavy atom. The van der Waals surface area contributed by atoms with Gasteiger partial charge >= 0.3 is 0 Å². The lowest BCUT2D eigenvalue weighted by atomic mass is 10.0. The van der Waals surface area contributed by atoms with Gasteiger partial charge in [-0.15, -0.1) is 0 Å². The van der Waals surface area contributed by atoms with Crippen molar-refractivity contribution in [3.8, 4) is 11.1 Å². The molecule has 10 heteroatoms. The van der Waals surface area contributed by atoms with E-state index in [0.29, 0.717) is 49.5 Å². The molecule has 2 aromatic rings. The minimum atomic E-state index is -3.60. The molecule has 2 aliphatic rings. The molecule has 0 saturated carbocycles. The quantitative estimate of drug-likeness (QED) is 0.600. The Morgan fingerprint density at radius 2 is 1.85 bits per heavy atom. The van der Waals surface area contributed by atoms with Gasteiger partial charge in [0.25, 0.3) is 0 Å². The Hall–Kier alpha value is -2.50. The van der Waals surface area contributed by atoms with Crippen LogP contribution in [0, 0.1) is 0 Å². The highest BCUT2D eigenvalue weighted by Gasteiger charge is 2.35. The number of amides is 1. The van der Waals surface area contributed by atoms with Crippen molar-refractivity contribution >= 4 is 27.3 Å². The first-order valence-corrected chi connectivity index (χ1v) is 12.9. The predicted molar refractivity (Wildman–Crippen MR) is 129 cm³/mol. The van der Waals surface area contributed by atoms with Gasteiger partial charge < -0.3 is 24.4 Å². The van der Waals surface area contributed by atoms with Crippen LogP contribution in [-0.2, 0) is 24.3 Å². The van der Waals surface area contributed by atoms with E-state index in [1.165, 1.54) is 20.0 Å². The molecule has 0 spiro atoms. The molecule has 1 unspecified atom stereocenters. The average Bonchev–Trinajstić information content (AvgIpc) is 2.83. The molecule has 1 amide bonds. The van der Waals surface area contributed by atoms with Gasteiger partial charge in [0.15, 0.2) is 0 Å². The number of carbonyl (C=O) groups is 1. The maximum absolute atomic E-state index is 12.4. The van der Waals surface area contributed by atoms with Gasteiger partial charge in [0, 0.05) is 26.7 Å². The Labute approximate surface area is 200 Å². The van der Waals surface area contributed by atoms with Crippen LogP contribution in [0.25, 0.3) is 11.1 Å². The second kappa shape index (κ2) is 10.0. The van der Waals surface area contributed by atoms with E-state index >= 15 is 0 Å². The van der Waals surface area contributed by atoms with Crippen LogP contribution in [0.5, 0.6) is 0 Å². The highest BCUT2D eigenvalue weighted by atomic mass is 32.2. The summed E-state index contributed by atoms with van der Waals surface area (Å²) < 4.78 is 38.2. The number of nitrogens with one attached hydrogen (secondary N) is 1. The van der Waals surface area contributed by atoms with Gasteiger partial charge in [0.2, 0.25) is 22.3 Å². The molecule has 2 aromatic carbocycles. The number of aliphatic hydroxyl groups excluding tert-OH is 1. The third-order valence-corrected chi connectivity index (χ3v) is 7.69. The molecule has 2 atom stereocenters. The smallest absolute Gasteiger partial charge is 0.240 e. The highest BCUT2D eigenvalue weighted by Crippen LogP contribution is 2.40. The summed E-state index contributed by atoms with van der Waals surface area (Å²) in [7, 11) is -2.23. The van der Waals surface area contributed by atoms with E-state index in [4.69, 9.17) is 9.47 Å². The van der Waals surface area contributed by atoms with E-state index in [0.717, 1.165) is 5.56 Å². The molecule has 34 heavy (non-hydrogen) atoms. The Balaban J connectivity index is 1.73. The molecule has 0 aromatic heterocycles. The van der Waals surface area contributed by atoms with E-state index in [9.17, 15) is 18.3 Å². The molecule has 2 N–H and O–H groups in total. The second-order valence-corrected chi connectivity index (χ2v) is 10.5. The van der Waals surface area contributed by atoms with E-state index in [2.05, 4.69) is 4.72 Å². The number of anilines is 2. The number of hydrogen-bond donors (Lipinski definition) is 2. The van der Waals surface area contributed by atoms with Gasteiger partial charge in [0.05, 0.1) is 28.4 Å². The Bertz CT molecular complexity index is 1150. The second-order valence-electron chi connectivity index (χ2n) is 8.60. The SMILES string of the molecule is CNS(=O)(=O)c1cccc(-c2ccc3c(c2)N(C(O)OC2CCOCC2)C[C@H](C)N3C(C)=O)c1. The Kier molecular flexibility index (Phi) is 7.25. The lowest BCUT2D eigenvalue weighted by molar-refractivity contribution is -0.157. The van der Waals surface area contributed by atoms with Crippen molar-refractivity contribution in [3.63, 3.8) is 0 Å². The van der Waals surface area contributed by atoms with E-state index in [1.54, 1.807) is 21.9 Å². The molecular weight excluding hydrogens is 458 g/mol. The minimum Gasteiger partial charge on any atom is -0.381 e. The van der Waals surface area contributed by atoms with Crippen LogP contribution in [0.4, 0.5) is 11.4 Å². The molecule has 1 fully saturated rings. The van der Waals surface area contributed by atoms with Crippen molar-refractivity contribution in [1.29, 1.82) is 0 Å². The van der Waals surface area contributed by atoms with Gasteiger partial charge in [-0.2, -0.15) is 0 Å². The fraction of sp³-hybridized carbons (Fsp3) is 0.458. The van der Waals surface area contributed by atoms with Crippen molar-refractivity contribution in [3.05, 3.63) is 42.5 Å². The maximum Gasteiger partial charge on any atom is 0.240 e. The van der Waals surface area contributed by atoms with E-state index in [-0.39, 0.29) is 22.9 Å². The van der Waals surface area contributed by atoms with Crippen LogP contribution in [0.1, 0.15) is 26.7 Å². The summed E-state index contributed by atoms with van der Waals surface area (Å²) in [6.45, 7) is 5.02. The van der Waals surface area contributed by atoms with Gasteiger partial charge in [-0.1, -0.05) is 18.2 Å². The van der Waals surface area contributed by atoms with Crippen LogP contribution in [-0.4, -0.2) is 64.8 Å². The topological polar surface area (TPSA) is 108 Å². The van der Waals surface area contributed by atoms with Gasteiger partial charge in [-0.25, -0.2) is 13.1 Å². The summed E-state index contributed by atoms with van der Waals surface area (Å²) in [6, 6.07) is 12.0. The van der Waals surface area contributed by atoms with Gasteiger partial charge in [0.1, 0.15) is 0 Å². The third kappa shape index (κ3) is 4.96. The summed E-state index contributed by atoms with van der Waals surface area (Å²) in [5.41, 5.74) is 2.77. The molecule has 4 rings (SSSR count). The fourth-order valence-electron chi connectivity index (χ4n) is 4.55. The van der Waals surface area contributed by atoms with Crippen molar-refractivity contribution in [2.75, 3.05) is 36.6 Å². The third-order valence-electron chi connectivity index (χ3n) is 6.28. The summed E-state index contributed by atoms with van der Waals surface area (Å²) in [5, 5.41) is 11.0. The molecule has 0 aliphatic carbocycles. The molecule has 0 radical (unpaired) electrons. The average molecular weight is 490 g/mol. The van der Waals surface area contributed by atoms with Crippen molar-refractivity contribution in [2.45, 2.75) is 50.1 Å². The van der Waals surface area contributed by atoms with Crippen molar-refractivity contribution in [1.82, 2.24) is 4.72 Å². The largest absolute Gasteiger partial charge is 0.381 e. The fourth-order valence-corrected chi connectivity index (χ4v) is 5.32. The predicted octanol–water partition coefficient (Wildman–Crippen LogP) is 2.29. The molecule has 184 valence electrons. The number of sulfonamides is 1. The number of rotatable bonds is 6. The first kappa shape index (κ1) is 24.6. The lowest BCUT2D eigenvalue weighted by Crippen LogP contribution is -2.54. The van der Waals surface area contributed by atoms with Crippen LogP contribution < -0.4 is 14.5 Å². The standard InChI is InChI=1S/C24H31N3O6S/c1-16-15-26(24(29)33-20-9-11-32-12-10-20)23-14-19(7-8-22(23)27(16)17(2)28)18-5-4-6-21(13-18)34(30,31)25-3/h4-8,13-14,16,20,24-25,29H,9-12,15H2,1-3H3/t16-,24?/m0/s1. The number of fused-ring (bicyclic) bond motifs is 1. The highest BCUT2D eigenvalue weighted by molar-refractivity contribution is 7.89. The summed E-state index contributed by atoms with van der Waals surface area (Å²) in [4.78, 5) is 16.1. The number of nitrogens with zero attached hydrogens (tertiary/aromatic N) is 2. The lowest BCUT2D eigenvalue weighted by Gasteiger charge is -2.44. The zero-order chi connectivity index (χ0) is 24.5. The van der Waals surface area contributed by atoms with Crippen molar-refractivity contribution < 1.29 is 27.8 Å². The Morgan fingerprint density at radius 1 is 1.15 bits per heavy atom. The first-order valence-electron chi connectivity index (χ1n) is 11.4. The van der Waals surface area contributed by atoms with E-state index < -0.39 is 16.4 Å². The zero-order valence-corrected chi connectivity index (χ0v) is 20.4. The normalized spacial score (nSPS) is 20.2. The van der Waals surface area contributed by atoms with Crippen LogP contribution in [0.2, 0.25) is 0 Å². The molecule has 0 bridgehead atoms. The minimum absolute atomic E-state index is 0.0944. The molecule has 1 saturated heterocycles. The van der Waals surface area contributed by atoms with Crippen LogP contribution in [0.15, 0.2) is 47.4 Å². The molecule has 2 aliphatic heterocycles. The van der Waals surface area contributed by atoms with Crippen LogP contribution >= 0.6 is 0 Å². The molecular formula is C24H31N3O6S.